The van der Waals surface area contributed by atoms with Crippen LogP contribution in [0.3, 0.4) is 0 Å². The van der Waals surface area contributed by atoms with E-state index in [1.54, 1.807) is 18.2 Å². The Morgan fingerprint density at radius 2 is 1.96 bits per heavy atom. The van der Waals surface area contributed by atoms with Gasteiger partial charge in [0.2, 0.25) is 5.91 Å². The van der Waals surface area contributed by atoms with Crippen LogP contribution in [-0.2, 0) is 4.79 Å². The van der Waals surface area contributed by atoms with E-state index in [0.717, 1.165) is 5.56 Å². The van der Waals surface area contributed by atoms with Gasteiger partial charge in [0.25, 0.3) is 0 Å². The molecule has 1 heterocycles. The van der Waals surface area contributed by atoms with Gasteiger partial charge in [0.15, 0.2) is 5.11 Å². The molecule has 1 atom stereocenters. The van der Waals surface area contributed by atoms with E-state index in [9.17, 15) is 4.79 Å². The zero-order valence-electron chi connectivity index (χ0n) is 13.6. The van der Waals surface area contributed by atoms with Crippen molar-refractivity contribution < 1.29 is 4.79 Å². The molecule has 1 aliphatic rings. The summed E-state index contributed by atoms with van der Waals surface area (Å²) in [4.78, 5) is 16.0. The van der Waals surface area contributed by atoms with E-state index in [-0.39, 0.29) is 11.9 Å². The summed E-state index contributed by atoms with van der Waals surface area (Å²) in [7, 11) is 0. The van der Waals surface area contributed by atoms with Gasteiger partial charge in [-0.3, -0.25) is 9.69 Å². The van der Waals surface area contributed by atoms with Crippen molar-refractivity contribution >= 4 is 40.5 Å². The molecule has 6 heteroatoms. The number of halogens is 1. The molecular formula is C19H16ClN3OS. The molecule has 2 aromatic carbocycles. The fourth-order valence-electron chi connectivity index (χ4n) is 2.92. The molecule has 25 heavy (non-hydrogen) atoms. The normalized spacial score (nSPS) is 15.9. The molecule has 2 aromatic rings. The third-order valence-electron chi connectivity index (χ3n) is 4.33. The smallest absolute Gasteiger partial charge is 0.235 e. The molecule has 1 saturated heterocycles. The lowest BCUT2D eigenvalue weighted by Gasteiger charge is -2.40. The number of hydrogen-bond donors (Lipinski definition) is 0. The second-order valence-electron chi connectivity index (χ2n) is 5.82. The van der Waals surface area contributed by atoms with Gasteiger partial charge in [0, 0.05) is 13.0 Å². The first-order valence-electron chi connectivity index (χ1n) is 7.91. The van der Waals surface area contributed by atoms with Crippen LogP contribution < -0.4 is 4.90 Å². The quantitative estimate of drug-likeness (QED) is 0.757. The second-order valence-corrected chi connectivity index (χ2v) is 6.59. The molecule has 0 unspecified atom stereocenters. The van der Waals surface area contributed by atoms with Crippen molar-refractivity contribution in [2.75, 3.05) is 11.4 Å². The van der Waals surface area contributed by atoms with E-state index in [2.05, 4.69) is 6.92 Å². The maximum absolute atomic E-state index is 12.5. The molecule has 4 nitrogen and oxygen atoms in total. The van der Waals surface area contributed by atoms with Crippen molar-refractivity contribution in [2.24, 2.45) is 0 Å². The Balaban J connectivity index is 1.92. The Morgan fingerprint density at radius 1 is 1.24 bits per heavy atom. The molecule has 3 rings (SSSR count). The number of nitriles is 1. The number of carbonyl (C=O) groups excluding carboxylic acids is 1. The zero-order chi connectivity index (χ0) is 18.0. The van der Waals surface area contributed by atoms with Crippen LogP contribution in [0.5, 0.6) is 0 Å². The second kappa shape index (κ2) is 7.22. The fraction of sp³-hybridized carbons (Fsp3) is 0.211. The van der Waals surface area contributed by atoms with E-state index < -0.39 is 0 Å². The van der Waals surface area contributed by atoms with E-state index in [0.29, 0.717) is 34.4 Å². The lowest BCUT2D eigenvalue weighted by atomic mass is 10.1. The zero-order valence-corrected chi connectivity index (χ0v) is 15.2. The van der Waals surface area contributed by atoms with Gasteiger partial charge >= 0.3 is 0 Å². The van der Waals surface area contributed by atoms with Gasteiger partial charge in [-0.05, 0) is 42.9 Å². The first-order chi connectivity index (χ1) is 12.0. The highest BCUT2D eigenvalue weighted by molar-refractivity contribution is 7.80. The van der Waals surface area contributed by atoms with Crippen LogP contribution in [0.1, 0.15) is 30.5 Å². The molecule has 0 N–H and O–H groups in total. The summed E-state index contributed by atoms with van der Waals surface area (Å²) in [5.41, 5.74) is 2.09. The van der Waals surface area contributed by atoms with Crippen LogP contribution in [0.4, 0.5) is 5.69 Å². The molecule has 0 spiro atoms. The van der Waals surface area contributed by atoms with Crippen LogP contribution in [0.2, 0.25) is 5.02 Å². The minimum absolute atomic E-state index is 0.0538. The number of carbonyl (C=O) groups is 1. The summed E-state index contributed by atoms with van der Waals surface area (Å²) in [6.07, 6.45) is 0.370. The molecule has 1 amide bonds. The van der Waals surface area contributed by atoms with Gasteiger partial charge in [-0.2, -0.15) is 5.26 Å². The van der Waals surface area contributed by atoms with Crippen molar-refractivity contribution in [2.45, 2.75) is 19.4 Å². The lowest BCUT2D eigenvalue weighted by Crippen LogP contribution is -2.53. The first-order valence-corrected chi connectivity index (χ1v) is 8.69. The Bertz CT molecular complexity index is 863. The maximum atomic E-state index is 12.5. The Kier molecular flexibility index (Phi) is 5.03. The average molecular weight is 370 g/mol. The highest BCUT2D eigenvalue weighted by Gasteiger charge is 2.33. The van der Waals surface area contributed by atoms with Crippen molar-refractivity contribution in [3.05, 3.63) is 64.7 Å². The number of nitrogens with zero attached hydrogens (tertiary/aromatic N) is 3. The van der Waals surface area contributed by atoms with Gasteiger partial charge in [0.1, 0.15) is 6.07 Å². The molecule has 0 radical (unpaired) electrons. The summed E-state index contributed by atoms with van der Waals surface area (Å²) >= 11 is 11.7. The summed E-state index contributed by atoms with van der Waals surface area (Å²) < 4.78 is 0. The van der Waals surface area contributed by atoms with Crippen molar-refractivity contribution in [1.29, 1.82) is 5.26 Å². The van der Waals surface area contributed by atoms with E-state index in [1.165, 1.54) is 4.90 Å². The largest absolute Gasteiger partial charge is 0.341 e. The third kappa shape index (κ3) is 3.37. The number of hydrogen-bond acceptors (Lipinski definition) is 3. The Labute approximate surface area is 157 Å². The van der Waals surface area contributed by atoms with Gasteiger partial charge in [-0.15, -0.1) is 0 Å². The molecular weight excluding hydrogens is 354 g/mol. The van der Waals surface area contributed by atoms with Gasteiger partial charge < -0.3 is 4.90 Å². The predicted molar refractivity (Wildman–Crippen MR) is 102 cm³/mol. The maximum Gasteiger partial charge on any atom is 0.235 e. The van der Waals surface area contributed by atoms with Gasteiger partial charge in [0.05, 0.1) is 22.3 Å². The standard InChI is InChI=1S/C19H16ClN3OS/c1-13(14-5-3-2-4-6-14)22-10-9-18(24)23(19(22)25)16-8-7-15(12-21)17(20)11-16/h2-8,11,13H,9-10H2,1H3/t13-/m0/s1. The number of amides is 1. The molecule has 0 aliphatic carbocycles. The van der Waals surface area contributed by atoms with Gasteiger partial charge in [-0.1, -0.05) is 41.9 Å². The van der Waals surface area contributed by atoms with Crippen LogP contribution >= 0.6 is 23.8 Å². The lowest BCUT2D eigenvalue weighted by molar-refractivity contribution is -0.118. The van der Waals surface area contributed by atoms with Crippen LogP contribution in [-0.4, -0.2) is 22.5 Å². The van der Waals surface area contributed by atoms with Crippen LogP contribution in [0.15, 0.2) is 48.5 Å². The summed E-state index contributed by atoms with van der Waals surface area (Å²) in [6, 6.07) is 17.0. The Morgan fingerprint density at radius 3 is 2.60 bits per heavy atom. The van der Waals surface area contributed by atoms with Crippen molar-refractivity contribution in [3.8, 4) is 6.07 Å². The molecule has 126 valence electrons. The Hall–Kier alpha value is -2.42. The molecule has 1 fully saturated rings. The van der Waals surface area contributed by atoms with Gasteiger partial charge in [-0.25, -0.2) is 0 Å². The number of benzene rings is 2. The minimum atomic E-state index is -0.0673. The van der Waals surface area contributed by atoms with Crippen molar-refractivity contribution in [3.63, 3.8) is 0 Å². The fourth-order valence-corrected chi connectivity index (χ4v) is 3.59. The molecule has 0 saturated carbocycles. The first kappa shape index (κ1) is 17.4. The van der Waals surface area contributed by atoms with E-state index in [4.69, 9.17) is 29.1 Å². The topological polar surface area (TPSA) is 47.3 Å². The summed E-state index contributed by atoms with van der Waals surface area (Å²) in [6.45, 7) is 2.65. The highest BCUT2D eigenvalue weighted by Crippen LogP contribution is 2.30. The summed E-state index contributed by atoms with van der Waals surface area (Å²) in [5.74, 6) is -0.0673. The number of anilines is 1. The average Bonchev–Trinajstić information content (AvgIpc) is 2.62. The van der Waals surface area contributed by atoms with Crippen LogP contribution in [0, 0.1) is 11.3 Å². The van der Waals surface area contributed by atoms with Crippen molar-refractivity contribution in [1.82, 2.24) is 4.90 Å². The third-order valence-corrected chi connectivity index (χ3v) is 5.06. The minimum Gasteiger partial charge on any atom is -0.341 e. The monoisotopic (exact) mass is 369 g/mol. The molecule has 0 bridgehead atoms. The molecule has 0 aromatic heterocycles. The summed E-state index contributed by atoms with van der Waals surface area (Å²) in [5, 5.41) is 9.78. The van der Waals surface area contributed by atoms with Crippen LogP contribution in [0.25, 0.3) is 0 Å². The number of thiocarbonyl (C=S) groups is 1. The predicted octanol–water partition coefficient (Wildman–Crippen LogP) is 4.30. The molecule has 1 aliphatic heterocycles. The SMILES string of the molecule is C[C@@H](c1ccccc1)N1CCC(=O)N(c2ccc(C#N)c(Cl)c2)C1=S. The number of rotatable bonds is 3. The van der Waals surface area contributed by atoms with E-state index in [1.807, 2.05) is 41.3 Å². The van der Waals surface area contributed by atoms with E-state index >= 15 is 0 Å². The highest BCUT2D eigenvalue weighted by atomic mass is 35.5.